The minimum atomic E-state index is -3.91. The lowest BCUT2D eigenvalue weighted by atomic mass is 10.5. The summed E-state index contributed by atoms with van der Waals surface area (Å²) in [5.41, 5.74) is 2.46. The van der Waals surface area contributed by atoms with E-state index in [2.05, 4.69) is 10.3 Å². The Hall–Kier alpha value is -1.24. The Morgan fingerprint density at radius 3 is 1.62 bits per heavy atom. The number of carbonyl (C=O) groups excluding carboxylic acids is 1. The Kier molecular flexibility index (Phi) is 10.9. The van der Waals surface area contributed by atoms with Crippen molar-refractivity contribution >= 4 is 50.6 Å². The van der Waals surface area contributed by atoms with Gasteiger partial charge in [0.25, 0.3) is 5.91 Å². The van der Waals surface area contributed by atoms with Crippen LogP contribution >= 0.6 is 24.4 Å². The summed E-state index contributed by atoms with van der Waals surface area (Å²) in [5, 5.41) is 3.30. The molecule has 0 aliphatic carbocycles. The standard InChI is InChI=1S/C14H30N6O3S3/c1-7-19(8-2)13(24)17(5)15-12(21)11-26(22,23)16-18(6)14(25)20(9-3)10-4/h16H,7-11H2,1-6H3,(H,15,21). The van der Waals surface area contributed by atoms with Crippen LogP contribution in [0.5, 0.6) is 0 Å². The summed E-state index contributed by atoms with van der Waals surface area (Å²) < 4.78 is 24.4. The van der Waals surface area contributed by atoms with E-state index >= 15 is 0 Å². The number of sulfonamides is 1. The van der Waals surface area contributed by atoms with Gasteiger partial charge in [-0.2, -0.15) is 0 Å². The molecule has 0 spiro atoms. The molecular weight excluding hydrogens is 396 g/mol. The average Bonchev–Trinajstić information content (AvgIpc) is 2.55. The van der Waals surface area contributed by atoms with Gasteiger partial charge in [0.1, 0.15) is 5.75 Å². The fraction of sp³-hybridized carbons (Fsp3) is 0.786. The molecule has 0 aromatic heterocycles. The van der Waals surface area contributed by atoms with Gasteiger partial charge in [0.2, 0.25) is 10.0 Å². The number of nitrogens with zero attached hydrogens (tertiary/aromatic N) is 4. The third kappa shape index (κ3) is 7.98. The van der Waals surface area contributed by atoms with Gasteiger partial charge in [-0.15, -0.1) is 4.83 Å². The molecular formula is C14H30N6O3S3. The second-order valence-electron chi connectivity index (χ2n) is 5.41. The summed E-state index contributed by atoms with van der Waals surface area (Å²) in [4.78, 5) is 18.0. The average molecular weight is 427 g/mol. The summed E-state index contributed by atoms with van der Waals surface area (Å²) in [5.74, 6) is -1.44. The van der Waals surface area contributed by atoms with Gasteiger partial charge in [-0.3, -0.25) is 20.2 Å². The van der Waals surface area contributed by atoms with Crippen molar-refractivity contribution in [1.29, 1.82) is 0 Å². The van der Waals surface area contributed by atoms with Gasteiger partial charge in [-0.1, -0.05) is 0 Å². The van der Waals surface area contributed by atoms with Crippen LogP contribution in [-0.4, -0.2) is 90.4 Å². The number of amides is 1. The van der Waals surface area contributed by atoms with E-state index in [0.29, 0.717) is 36.4 Å². The van der Waals surface area contributed by atoms with Crippen molar-refractivity contribution in [3.63, 3.8) is 0 Å². The van der Waals surface area contributed by atoms with Crippen LogP contribution in [0.1, 0.15) is 27.7 Å². The Balaban J connectivity index is 4.77. The van der Waals surface area contributed by atoms with E-state index < -0.39 is 21.7 Å². The molecule has 1 amide bonds. The maximum atomic E-state index is 12.2. The van der Waals surface area contributed by atoms with Crippen molar-refractivity contribution in [3.8, 4) is 0 Å². The molecule has 12 heteroatoms. The molecule has 0 unspecified atom stereocenters. The molecule has 0 rings (SSSR count). The molecule has 0 radical (unpaired) electrons. The smallest absolute Gasteiger partial charge is 0.255 e. The lowest BCUT2D eigenvalue weighted by Gasteiger charge is -2.30. The quantitative estimate of drug-likeness (QED) is 0.410. The largest absolute Gasteiger partial charge is 0.349 e. The second-order valence-corrected chi connectivity index (χ2v) is 7.84. The van der Waals surface area contributed by atoms with Crippen molar-refractivity contribution in [1.82, 2.24) is 30.1 Å². The van der Waals surface area contributed by atoms with Gasteiger partial charge in [0.15, 0.2) is 10.2 Å². The summed E-state index contributed by atoms with van der Waals surface area (Å²) >= 11 is 10.5. The molecule has 0 aromatic rings. The molecule has 0 saturated carbocycles. The SMILES string of the molecule is CCN(CC)C(=S)N(C)NC(=O)CS(=O)(=O)NN(C)C(=S)N(CC)CC. The van der Waals surface area contributed by atoms with Gasteiger partial charge >= 0.3 is 0 Å². The number of hydrogen-bond acceptors (Lipinski definition) is 5. The van der Waals surface area contributed by atoms with Crippen LogP contribution in [0.25, 0.3) is 0 Å². The zero-order chi connectivity index (χ0) is 20.5. The van der Waals surface area contributed by atoms with Crippen molar-refractivity contribution in [2.45, 2.75) is 27.7 Å². The van der Waals surface area contributed by atoms with E-state index in [-0.39, 0.29) is 0 Å². The highest BCUT2D eigenvalue weighted by atomic mass is 32.2. The molecule has 0 saturated heterocycles. The number of rotatable bonds is 8. The molecule has 0 aliphatic heterocycles. The Morgan fingerprint density at radius 1 is 0.846 bits per heavy atom. The summed E-state index contributed by atoms with van der Waals surface area (Å²) in [6, 6.07) is 0. The summed E-state index contributed by atoms with van der Waals surface area (Å²) in [6.07, 6.45) is 0. The fourth-order valence-electron chi connectivity index (χ4n) is 2.13. The number of hydrogen-bond donors (Lipinski definition) is 2. The predicted molar refractivity (Wildman–Crippen MR) is 112 cm³/mol. The van der Waals surface area contributed by atoms with Crippen molar-refractivity contribution in [2.75, 3.05) is 46.0 Å². The Labute approximate surface area is 167 Å². The molecule has 26 heavy (non-hydrogen) atoms. The maximum absolute atomic E-state index is 12.2. The lowest BCUT2D eigenvalue weighted by molar-refractivity contribution is -0.121. The van der Waals surface area contributed by atoms with E-state index in [1.54, 1.807) is 7.05 Å². The number of carbonyl (C=O) groups is 1. The zero-order valence-electron chi connectivity index (χ0n) is 16.3. The monoisotopic (exact) mass is 426 g/mol. The maximum Gasteiger partial charge on any atom is 0.255 e. The molecule has 152 valence electrons. The molecule has 0 fully saturated rings. The Morgan fingerprint density at radius 2 is 1.23 bits per heavy atom. The second kappa shape index (κ2) is 11.5. The van der Waals surface area contributed by atoms with Gasteiger partial charge in [-0.05, 0) is 52.1 Å². The van der Waals surface area contributed by atoms with Gasteiger partial charge < -0.3 is 9.80 Å². The van der Waals surface area contributed by atoms with E-state index in [1.807, 2.05) is 37.5 Å². The fourth-order valence-corrected chi connectivity index (χ4v) is 3.78. The molecule has 0 aromatic carbocycles. The van der Waals surface area contributed by atoms with Gasteiger partial charge in [0.05, 0.1) is 0 Å². The van der Waals surface area contributed by atoms with Crippen LogP contribution in [0.15, 0.2) is 0 Å². The normalized spacial score (nSPS) is 10.8. The van der Waals surface area contributed by atoms with Crippen LogP contribution < -0.4 is 10.3 Å². The highest BCUT2D eigenvalue weighted by Crippen LogP contribution is 1.98. The van der Waals surface area contributed by atoms with Crippen LogP contribution in [-0.2, 0) is 14.8 Å². The third-order valence-corrected chi connectivity index (χ3v) is 5.79. The van der Waals surface area contributed by atoms with Crippen LogP contribution in [0.3, 0.4) is 0 Å². The van der Waals surface area contributed by atoms with Gasteiger partial charge in [-0.25, -0.2) is 8.42 Å². The van der Waals surface area contributed by atoms with Crippen LogP contribution in [0.4, 0.5) is 0 Å². The first-order valence-electron chi connectivity index (χ1n) is 8.37. The number of nitrogens with one attached hydrogen (secondary N) is 2. The molecule has 9 nitrogen and oxygen atoms in total. The van der Waals surface area contributed by atoms with Crippen LogP contribution in [0, 0.1) is 0 Å². The van der Waals surface area contributed by atoms with Crippen LogP contribution in [0.2, 0.25) is 0 Å². The number of thiocarbonyl (C=S) groups is 2. The minimum Gasteiger partial charge on any atom is -0.349 e. The van der Waals surface area contributed by atoms with E-state index in [9.17, 15) is 13.2 Å². The topological polar surface area (TPSA) is 88.2 Å². The first-order chi connectivity index (χ1) is 12.0. The molecule has 0 aliphatic rings. The van der Waals surface area contributed by atoms with E-state index in [0.717, 1.165) is 0 Å². The zero-order valence-corrected chi connectivity index (χ0v) is 18.7. The molecule has 0 heterocycles. The Bertz CT molecular complexity index is 591. The third-order valence-electron chi connectivity index (χ3n) is 3.53. The molecule has 0 atom stereocenters. The molecule has 2 N–H and O–H groups in total. The van der Waals surface area contributed by atoms with Crippen molar-refractivity contribution in [2.24, 2.45) is 0 Å². The highest BCUT2D eigenvalue weighted by Gasteiger charge is 2.22. The van der Waals surface area contributed by atoms with E-state index in [1.165, 1.54) is 17.1 Å². The lowest BCUT2D eigenvalue weighted by Crippen LogP contribution is -2.54. The van der Waals surface area contributed by atoms with Crippen molar-refractivity contribution < 1.29 is 13.2 Å². The molecule has 0 bridgehead atoms. The van der Waals surface area contributed by atoms with Gasteiger partial charge in [0, 0.05) is 40.3 Å². The minimum absolute atomic E-state index is 0.332. The van der Waals surface area contributed by atoms with Crippen molar-refractivity contribution in [3.05, 3.63) is 0 Å². The highest BCUT2D eigenvalue weighted by molar-refractivity contribution is 7.90. The first kappa shape index (κ1) is 24.8. The van der Waals surface area contributed by atoms with E-state index in [4.69, 9.17) is 24.4 Å². The first-order valence-corrected chi connectivity index (χ1v) is 10.8. The summed E-state index contributed by atoms with van der Waals surface area (Å²) in [6.45, 7) is 10.4. The number of hydrazine groups is 2. The predicted octanol–water partition coefficient (Wildman–Crippen LogP) is -0.0310. The summed E-state index contributed by atoms with van der Waals surface area (Å²) in [7, 11) is -0.844.